The second-order valence-corrected chi connectivity index (χ2v) is 10.2. The van der Waals surface area contributed by atoms with Gasteiger partial charge in [0.05, 0.1) is 24.8 Å². The van der Waals surface area contributed by atoms with E-state index in [9.17, 15) is 9.59 Å². The summed E-state index contributed by atoms with van der Waals surface area (Å²) in [5, 5.41) is 13.4. The number of benzene rings is 2. The van der Waals surface area contributed by atoms with E-state index in [0.29, 0.717) is 36.6 Å². The third-order valence-corrected chi connectivity index (χ3v) is 7.39. The second kappa shape index (κ2) is 12.2. The van der Waals surface area contributed by atoms with Crippen molar-refractivity contribution in [3.63, 3.8) is 0 Å². The molecule has 0 bridgehead atoms. The number of carbonyl (C=O) groups excluding carboxylic acids is 2. The lowest BCUT2D eigenvalue weighted by atomic mass is 10.0. The van der Waals surface area contributed by atoms with Gasteiger partial charge in [0.2, 0.25) is 11.8 Å². The molecule has 2 amide bonds. The number of para-hydroxylation sites is 1. The molecule has 198 valence electrons. The highest BCUT2D eigenvalue weighted by Gasteiger charge is 2.33. The van der Waals surface area contributed by atoms with Gasteiger partial charge in [-0.25, -0.2) is 4.68 Å². The zero-order valence-corrected chi connectivity index (χ0v) is 22.1. The topological polar surface area (TPSA) is 98.6 Å². The number of hydrogen-bond acceptors (Lipinski definition) is 7. The van der Waals surface area contributed by atoms with Crippen LogP contribution < -0.4 is 10.1 Å². The van der Waals surface area contributed by atoms with Gasteiger partial charge in [-0.05, 0) is 61.0 Å². The van der Waals surface area contributed by atoms with E-state index in [1.54, 1.807) is 20.9 Å². The Kier molecular flexibility index (Phi) is 8.30. The number of aromatic nitrogens is 3. The van der Waals surface area contributed by atoms with Crippen LogP contribution in [0.2, 0.25) is 0 Å². The Bertz CT molecular complexity index is 1350. The quantitative estimate of drug-likeness (QED) is 0.313. The van der Waals surface area contributed by atoms with Crippen LogP contribution in [0.3, 0.4) is 0 Å². The summed E-state index contributed by atoms with van der Waals surface area (Å²) in [6.07, 6.45) is 1.88. The van der Waals surface area contributed by atoms with Crippen molar-refractivity contribution in [1.82, 2.24) is 25.2 Å². The fourth-order valence-electron chi connectivity index (χ4n) is 4.65. The molecular weight excluding hydrogens is 502 g/mol. The van der Waals surface area contributed by atoms with Crippen molar-refractivity contribution < 1.29 is 19.1 Å². The maximum atomic E-state index is 13.9. The van der Waals surface area contributed by atoms with Gasteiger partial charge in [-0.3, -0.25) is 9.59 Å². The Balaban J connectivity index is 1.47. The minimum atomic E-state index is -0.850. The number of amides is 2. The van der Waals surface area contributed by atoms with Crippen LogP contribution in [0.4, 0.5) is 0 Å². The molecule has 2 aromatic carbocycles. The Morgan fingerprint density at radius 2 is 2.03 bits per heavy atom. The standard InChI is InChI=1S/C28H31N5O4S/c1-2-36-21-13-11-20(12-14-21)27(28(35)29-17-22-7-5-15-37-22)32(18-23-8-6-16-38-23)26(34)19-33-25-10-4-3-9-24(25)30-31-33/h3-4,6,8-14,16,22,27H,2,5,7,15,17-19H2,1H3,(H,29,35)/t22-,27-/m1/s1. The van der Waals surface area contributed by atoms with Crippen LogP contribution in [0, 0.1) is 0 Å². The Labute approximate surface area is 225 Å². The molecule has 2 atom stereocenters. The lowest BCUT2D eigenvalue weighted by Gasteiger charge is -2.31. The van der Waals surface area contributed by atoms with Crippen LogP contribution in [0.5, 0.6) is 5.75 Å². The molecule has 38 heavy (non-hydrogen) atoms. The number of ether oxygens (including phenoxy) is 2. The molecule has 0 spiro atoms. The van der Waals surface area contributed by atoms with E-state index in [1.807, 2.05) is 73.0 Å². The van der Waals surface area contributed by atoms with Crippen molar-refractivity contribution in [2.75, 3.05) is 19.8 Å². The third kappa shape index (κ3) is 6.03. The van der Waals surface area contributed by atoms with Crippen LogP contribution in [-0.4, -0.2) is 57.6 Å². The van der Waals surface area contributed by atoms with Gasteiger partial charge >= 0.3 is 0 Å². The molecule has 0 aliphatic carbocycles. The van der Waals surface area contributed by atoms with Crippen molar-refractivity contribution in [1.29, 1.82) is 0 Å². The van der Waals surface area contributed by atoms with Gasteiger partial charge < -0.3 is 19.7 Å². The Morgan fingerprint density at radius 1 is 1.18 bits per heavy atom. The number of carbonyl (C=O) groups is 2. The van der Waals surface area contributed by atoms with Crippen LogP contribution in [0.15, 0.2) is 66.0 Å². The van der Waals surface area contributed by atoms with Crippen LogP contribution >= 0.6 is 11.3 Å². The molecule has 1 saturated heterocycles. The van der Waals surface area contributed by atoms with Crippen molar-refractivity contribution >= 4 is 34.2 Å². The molecule has 3 heterocycles. The van der Waals surface area contributed by atoms with E-state index < -0.39 is 6.04 Å². The summed E-state index contributed by atoms with van der Waals surface area (Å²) in [6, 6.07) is 17.9. The number of nitrogens with one attached hydrogen (secondary N) is 1. The number of thiophene rings is 1. The minimum Gasteiger partial charge on any atom is -0.494 e. The average molecular weight is 534 g/mol. The fourth-order valence-corrected chi connectivity index (χ4v) is 5.35. The third-order valence-electron chi connectivity index (χ3n) is 6.53. The maximum absolute atomic E-state index is 13.9. The predicted octanol–water partition coefficient (Wildman–Crippen LogP) is 3.96. The van der Waals surface area contributed by atoms with Gasteiger partial charge in [0.15, 0.2) is 0 Å². The van der Waals surface area contributed by atoms with Crippen molar-refractivity contribution in [3.8, 4) is 5.75 Å². The first-order valence-corrected chi connectivity index (χ1v) is 13.7. The lowest BCUT2D eigenvalue weighted by Crippen LogP contribution is -2.46. The Morgan fingerprint density at radius 3 is 2.76 bits per heavy atom. The molecule has 4 aromatic rings. The molecule has 10 heteroatoms. The van der Waals surface area contributed by atoms with E-state index in [1.165, 1.54) is 0 Å². The maximum Gasteiger partial charge on any atom is 0.247 e. The van der Waals surface area contributed by atoms with E-state index in [4.69, 9.17) is 9.47 Å². The zero-order valence-electron chi connectivity index (χ0n) is 21.3. The first kappa shape index (κ1) is 25.9. The summed E-state index contributed by atoms with van der Waals surface area (Å²) in [5.74, 6) is 0.221. The predicted molar refractivity (Wildman–Crippen MR) is 145 cm³/mol. The summed E-state index contributed by atoms with van der Waals surface area (Å²) in [7, 11) is 0. The molecule has 1 N–H and O–H groups in total. The molecule has 1 aliphatic rings. The first-order valence-electron chi connectivity index (χ1n) is 12.8. The highest BCUT2D eigenvalue weighted by molar-refractivity contribution is 7.09. The summed E-state index contributed by atoms with van der Waals surface area (Å²) in [6.45, 7) is 3.82. The monoisotopic (exact) mass is 533 g/mol. The summed E-state index contributed by atoms with van der Waals surface area (Å²) < 4.78 is 12.9. The zero-order chi connectivity index (χ0) is 26.3. The van der Waals surface area contributed by atoms with E-state index in [0.717, 1.165) is 23.2 Å². The molecule has 2 aromatic heterocycles. The van der Waals surface area contributed by atoms with Crippen LogP contribution in [0.25, 0.3) is 11.0 Å². The lowest BCUT2D eigenvalue weighted by molar-refractivity contribution is -0.142. The van der Waals surface area contributed by atoms with Gasteiger partial charge in [-0.1, -0.05) is 35.5 Å². The Hall–Kier alpha value is -3.76. The number of hydrogen-bond donors (Lipinski definition) is 1. The molecule has 1 fully saturated rings. The molecule has 1 aliphatic heterocycles. The van der Waals surface area contributed by atoms with E-state index >= 15 is 0 Å². The number of rotatable bonds is 11. The molecule has 0 saturated carbocycles. The smallest absolute Gasteiger partial charge is 0.247 e. The van der Waals surface area contributed by atoms with Gasteiger partial charge in [-0.15, -0.1) is 16.4 Å². The van der Waals surface area contributed by atoms with Crippen molar-refractivity contribution in [3.05, 3.63) is 76.5 Å². The van der Waals surface area contributed by atoms with Crippen LogP contribution in [0.1, 0.15) is 36.2 Å². The van der Waals surface area contributed by atoms with Gasteiger partial charge in [0.25, 0.3) is 0 Å². The highest BCUT2D eigenvalue weighted by atomic mass is 32.1. The van der Waals surface area contributed by atoms with Gasteiger partial charge in [-0.2, -0.15) is 0 Å². The van der Waals surface area contributed by atoms with E-state index in [2.05, 4.69) is 15.6 Å². The highest BCUT2D eigenvalue weighted by Crippen LogP contribution is 2.28. The first-order chi connectivity index (χ1) is 18.6. The molecule has 9 nitrogen and oxygen atoms in total. The second-order valence-electron chi connectivity index (χ2n) is 9.12. The summed E-state index contributed by atoms with van der Waals surface area (Å²) in [4.78, 5) is 30.3. The minimum absolute atomic E-state index is 0.0112. The number of nitrogens with zero attached hydrogens (tertiary/aromatic N) is 4. The summed E-state index contributed by atoms with van der Waals surface area (Å²) in [5.41, 5.74) is 2.17. The van der Waals surface area contributed by atoms with Crippen molar-refractivity contribution in [2.45, 2.75) is 45.0 Å². The van der Waals surface area contributed by atoms with E-state index in [-0.39, 0.29) is 31.0 Å². The van der Waals surface area contributed by atoms with Gasteiger partial charge in [0, 0.05) is 18.0 Å². The number of fused-ring (bicyclic) bond motifs is 1. The van der Waals surface area contributed by atoms with Crippen LogP contribution in [-0.2, 0) is 27.4 Å². The molecule has 0 radical (unpaired) electrons. The molecular formula is C28H31N5O4S. The largest absolute Gasteiger partial charge is 0.494 e. The molecule has 5 rings (SSSR count). The fraction of sp³-hybridized carbons (Fsp3) is 0.357. The van der Waals surface area contributed by atoms with Crippen molar-refractivity contribution in [2.24, 2.45) is 0 Å². The molecule has 0 unspecified atom stereocenters. The van der Waals surface area contributed by atoms with Gasteiger partial charge in [0.1, 0.15) is 23.9 Å². The summed E-state index contributed by atoms with van der Waals surface area (Å²) >= 11 is 1.55. The normalized spacial score (nSPS) is 15.9. The average Bonchev–Trinajstić information content (AvgIpc) is 3.71. The SMILES string of the molecule is CCOc1ccc([C@H](C(=O)NC[C@H]2CCCO2)N(Cc2cccs2)C(=O)Cn2nnc3ccccc32)cc1.